The van der Waals surface area contributed by atoms with E-state index in [4.69, 9.17) is 4.74 Å². The third kappa shape index (κ3) is 5.85. The second kappa shape index (κ2) is 7.12. The highest BCUT2D eigenvalue weighted by Gasteiger charge is 2.04. The van der Waals surface area contributed by atoms with Crippen LogP contribution in [-0.4, -0.2) is 12.6 Å². The minimum absolute atomic E-state index is 0.226. The number of carbonyl (C=O) groups is 1. The number of halogens is 1. The molecular weight excluding hydrogens is 279 g/mol. The van der Waals surface area contributed by atoms with Gasteiger partial charge in [0.25, 0.3) is 0 Å². The van der Waals surface area contributed by atoms with Crippen LogP contribution in [0.3, 0.4) is 0 Å². The van der Waals surface area contributed by atoms with E-state index in [0.29, 0.717) is 12.2 Å². The molecule has 0 aliphatic carbocycles. The first-order chi connectivity index (χ1) is 6.11. The van der Waals surface area contributed by atoms with Crippen molar-refractivity contribution >= 4 is 28.6 Å². The van der Waals surface area contributed by atoms with Crippen molar-refractivity contribution in [3.63, 3.8) is 0 Å². The monoisotopic (exact) mass is 294 g/mol. The molecule has 0 N–H and O–H groups in total. The predicted molar refractivity (Wildman–Crippen MR) is 62.7 cm³/mol. The number of esters is 1. The summed E-state index contributed by atoms with van der Waals surface area (Å²) in [5, 5.41) is 0. The molecule has 0 aromatic rings. The van der Waals surface area contributed by atoms with E-state index >= 15 is 0 Å². The molecule has 0 rings (SSSR count). The molecule has 0 aliphatic heterocycles. The second-order valence-electron chi connectivity index (χ2n) is 2.75. The zero-order chi connectivity index (χ0) is 10.3. The third-order valence-corrected chi connectivity index (χ3v) is 1.90. The van der Waals surface area contributed by atoms with E-state index in [1.807, 2.05) is 23.2 Å². The Morgan fingerprint density at radius 1 is 1.62 bits per heavy atom. The number of carbonyl (C=O) groups excluding carboxylic acids is 1. The third-order valence-electron chi connectivity index (χ3n) is 1.49. The van der Waals surface area contributed by atoms with Gasteiger partial charge in [-0.3, -0.25) is 0 Å². The molecule has 1 atom stereocenters. The quantitative estimate of drug-likeness (QED) is 0.452. The van der Waals surface area contributed by atoms with Crippen LogP contribution in [0.1, 0.15) is 20.8 Å². The van der Waals surface area contributed by atoms with Crippen molar-refractivity contribution in [1.29, 1.82) is 0 Å². The molecule has 2 nitrogen and oxygen atoms in total. The van der Waals surface area contributed by atoms with Gasteiger partial charge in [0.15, 0.2) is 0 Å². The molecule has 0 spiro atoms. The lowest BCUT2D eigenvalue weighted by molar-refractivity contribution is -0.138. The zero-order valence-electron chi connectivity index (χ0n) is 8.21. The summed E-state index contributed by atoms with van der Waals surface area (Å²) in [6.07, 6.45) is 3.91. The topological polar surface area (TPSA) is 26.3 Å². The van der Waals surface area contributed by atoms with Gasteiger partial charge in [-0.05, 0) is 23.8 Å². The number of hydrogen-bond acceptors (Lipinski definition) is 2. The Hall–Kier alpha value is -0.320. The lowest BCUT2D eigenvalue weighted by Crippen LogP contribution is -2.06. The summed E-state index contributed by atoms with van der Waals surface area (Å²) >= 11 is 2.16. The molecule has 0 bridgehead atoms. The molecule has 0 fully saturated rings. The van der Waals surface area contributed by atoms with Crippen molar-refractivity contribution in [2.75, 3.05) is 6.61 Å². The Morgan fingerprint density at radius 2 is 2.23 bits per heavy atom. The SMILES string of the molecule is CCOC(=O)/C(C)=C/[C@H](C)/C=C/I. The van der Waals surface area contributed by atoms with Gasteiger partial charge in [-0.15, -0.1) is 0 Å². The molecule has 3 heteroatoms. The molecule has 0 aliphatic rings. The van der Waals surface area contributed by atoms with Crippen molar-refractivity contribution in [3.8, 4) is 0 Å². The van der Waals surface area contributed by atoms with Crippen molar-refractivity contribution in [2.45, 2.75) is 20.8 Å². The Balaban J connectivity index is 4.22. The molecule has 0 unspecified atom stereocenters. The first-order valence-electron chi connectivity index (χ1n) is 4.24. The van der Waals surface area contributed by atoms with E-state index in [1.54, 1.807) is 13.8 Å². The standard InChI is InChI=1S/C10H15IO2/c1-4-13-10(12)9(3)7-8(2)5-6-11/h5-8H,4H2,1-3H3/b6-5+,9-7+/t8-/m1/s1. The van der Waals surface area contributed by atoms with Crippen molar-refractivity contribution in [3.05, 3.63) is 21.8 Å². The van der Waals surface area contributed by atoms with E-state index in [2.05, 4.69) is 22.6 Å². The molecule has 13 heavy (non-hydrogen) atoms. The zero-order valence-corrected chi connectivity index (χ0v) is 10.4. The normalized spacial score (nSPS) is 14.6. The number of allylic oxidation sites excluding steroid dienone is 2. The highest BCUT2D eigenvalue weighted by Crippen LogP contribution is 2.07. The summed E-state index contributed by atoms with van der Waals surface area (Å²) in [6, 6.07) is 0. The van der Waals surface area contributed by atoms with Crippen LogP contribution in [-0.2, 0) is 9.53 Å². The Morgan fingerprint density at radius 3 is 2.69 bits per heavy atom. The van der Waals surface area contributed by atoms with Crippen molar-refractivity contribution < 1.29 is 9.53 Å². The summed E-state index contributed by atoms with van der Waals surface area (Å²) in [5.41, 5.74) is 0.670. The van der Waals surface area contributed by atoms with Crippen LogP contribution in [0.25, 0.3) is 0 Å². The van der Waals surface area contributed by atoms with Crippen LogP contribution in [0.15, 0.2) is 21.8 Å². The van der Waals surface area contributed by atoms with Gasteiger partial charge >= 0.3 is 5.97 Å². The number of rotatable bonds is 4. The van der Waals surface area contributed by atoms with Gasteiger partial charge in [-0.2, -0.15) is 0 Å². The van der Waals surface area contributed by atoms with Crippen molar-refractivity contribution in [2.24, 2.45) is 5.92 Å². The predicted octanol–water partition coefficient (Wildman–Crippen LogP) is 3.08. The minimum atomic E-state index is -0.226. The average Bonchev–Trinajstić information content (AvgIpc) is 2.05. The Labute approximate surface area is 93.2 Å². The summed E-state index contributed by atoms with van der Waals surface area (Å²) in [7, 11) is 0. The fraction of sp³-hybridized carbons (Fsp3) is 0.500. The maximum Gasteiger partial charge on any atom is 0.333 e. The van der Waals surface area contributed by atoms with Crippen LogP contribution in [0, 0.1) is 5.92 Å². The lowest BCUT2D eigenvalue weighted by Gasteiger charge is -2.03. The molecule has 0 saturated carbocycles. The van der Waals surface area contributed by atoms with Crippen LogP contribution in [0.5, 0.6) is 0 Å². The maximum absolute atomic E-state index is 11.2. The van der Waals surface area contributed by atoms with Gasteiger partial charge in [0.1, 0.15) is 0 Å². The van der Waals surface area contributed by atoms with E-state index in [0.717, 1.165) is 0 Å². The molecule has 74 valence electrons. The second-order valence-corrected chi connectivity index (χ2v) is 3.47. The van der Waals surface area contributed by atoms with Gasteiger partial charge in [0, 0.05) is 5.57 Å². The molecule has 0 aromatic heterocycles. The minimum Gasteiger partial charge on any atom is -0.463 e. The lowest BCUT2D eigenvalue weighted by atomic mass is 10.1. The summed E-state index contributed by atoms with van der Waals surface area (Å²) < 4.78 is 6.79. The Bertz CT molecular complexity index is 219. The highest BCUT2D eigenvalue weighted by molar-refractivity contribution is 14.1. The summed E-state index contributed by atoms with van der Waals surface area (Å²) in [6.45, 7) is 6.03. The molecule has 0 amide bonds. The van der Waals surface area contributed by atoms with Crippen LogP contribution < -0.4 is 0 Å². The largest absolute Gasteiger partial charge is 0.463 e. The first-order valence-corrected chi connectivity index (χ1v) is 5.48. The average molecular weight is 294 g/mol. The van der Waals surface area contributed by atoms with Crippen LogP contribution in [0.2, 0.25) is 0 Å². The van der Waals surface area contributed by atoms with Crippen molar-refractivity contribution in [1.82, 2.24) is 0 Å². The first kappa shape index (κ1) is 12.7. The Kier molecular flexibility index (Phi) is 6.94. The molecule has 0 aromatic carbocycles. The van der Waals surface area contributed by atoms with Gasteiger partial charge in [-0.25, -0.2) is 4.79 Å². The fourth-order valence-electron chi connectivity index (χ4n) is 0.878. The number of ether oxygens (including phenoxy) is 1. The molecule has 0 heterocycles. The fourth-order valence-corrected chi connectivity index (χ4v) is 1.53. The number of hydrogen-bond donors (Lipinski definition) is 0. The van der Waals surface area contributed by atoms with E-state index in [1.165, 1.54) is 0 Å². The van der Waals surface area contributed by atoms with E-state index in [9.17, 15) is 4.79 Å². The van der Waals surface area contributed by atoms with Gasteiger partial charge in [0.2, 0.25) is 0 Å². The van der Waals surface area contributed by atoms with E-state index in [-0.39, 0.29) is 11.9 Å². The smallest absolute Gasteiger partial charge is 0.333 e. The van der Waals surface area contributed by atoms with E-state index < -0.39 is 0 Å². The molecule has 0 saturated heterocycles. The highest BCUT2D eigenvalue weighted by atomic mass is 127. The van der Waals surface area contributed by atoms with Gasteiger partial charge < -0.3 is 4.74 Å². The molecule has 0 radical (unpaired) electrons. The summed E-state index contributed by atoms with van der Waals surface area (Å²) in [4.78, 5) is 11.2. The van der Waals surface area contributed by atoms with Crippen LogP contribution in [0.4, 0.5) is 0 Å². The van der Waals surface area contributed by atoms with Crippen LogP contribution >= 0.6 is 22.6 Å². The van der Waals surface area contributed by atoms with Gasteiger partial charge in [0.05, 0.1) is 6.61 Å². The van der Waals surface area contributed by atoms with Gasteiger partial charge in [-0.1, -0.05) is 41.7 Å². The molecular formula is C10H15IO2. The maximum atomic E-state index is 11.2. The summed E-state index contributed by atoms with van der Waals surface area (Å²) in [5.74, 6) is 0.0533.